The van der Waals surface area contributed by atoms with Gasteiger partial charge in [-0.15, -0.1) is 10.2 Å². The Morgan fingerprint density at radius 2 is 1.96 bits per heavy atom. The lowest BCUT2D eigenvalue weighted by molar-refractivity contribution is -0.385. The molecule has 0 radical (unpaired) electrons. The summed E-state index contributed by atoms with van der Waals surface area (Å²) < 4.78 is 12.0. The molecule has 3 rings (SSSR count). The van der Waals surface area contributed by atoms with Crippen molar-refractivity contribution in [2.75, 3.05) is 20.8 Å². The number of aromatic nitrogens is 3. The number of carbonyl (C=O) groups is 1. The van der Waals surface area contributed by atoms with Gasteiger partial charge in [-0.2, -0.15) is 0 Å². The van der Waals surface area contributed by atoms with Crippen molar-refractivity contribution in [1.82, 2.24) is 19.9 Å². The van der Waals surface area contributed by atoms with Crippen molar-refractivity contribution in [2.24, 2.45) is 0 Å². The van der Waals surface area contributed by atoms with Crippen LogP contribution < -0.4 is 14.8 Å². The van der Waals surface area contributed by atoms with Gasteiger partial charge in [0.05, 0.1) is 25.2 Å². The van der Waals surface area contributed by atoms with Crippen LogP contribution in [0.1, 0.15) is 16.2 Å². The maximum atomic E-state index is 12.5. The van der Waals surface area contributed by atoms with Crippen LogP contribution in [0.5, 0.6) is 11.5 Å². The highest BCUT2D eigenvalue weighted by molar-refractivity contribution is 5.99. The van der Waals surface area contributed by atoms with Crippen LogP contribution in [0.15, 0.2) is 36.5 Å². The van der Waals surface area contributed by atoms with Crippen molar-refractivity contribution in [2.45, 2.75) is 6.42 Å². The third-order valence-electron chi connectivity index (χ3n) is 3.96. The van der Waals surface area contributed by atoms with Gasteiger partial charge >= 0.3 is 0 Å². The number of nitrogens with zero attached hydrogens (tertiary/aromatic N) is 4. The molecule has 0 bridgehead atoms. The standard InChI is InChI=1S/C17H17N5O5/c1-26-13-9-11(12(22(24)25)10-14(13)27-2)17(23)18-7-6-16-20-19-15-5-3-4-8-21(15)16/h3-5,8-10H,6-7H2,1-2H3,(H,18,23). The number of benzene rings is 1. The highest BCUT2D eigenvalue weighted by Gasteiger charge is 2.24. The van der Waals surface area contributed by atoms with Gasteiger partial charge in [0, 0.05) is 25.2 Å². The van der Waals surface area contributed by atoms with E-state index in [0.717, 1.165) is 0 Å². The smallest absolute Gasteiger partial charge is 0.286 e. The largest absolute Gasteiger partial charge is 0.493 e. The molecule has 0 aliphatic heterocycles. The third kappa shape index (κ3) is 3.64. The Bertz CT molecular complexity index is 1000. The van der Waals surface area contributed by atoms with E-state index in [1.165, 1.54) is 26.4 Å². The summed E-state index contributed by atoms with van der Waals surface area (Å²) in [5.74, 6) is 0.497. The molecule has 27 heavy (non-hydrogen) atoms. The molecule has 0 fully saturated rings. The van der Waals surface area contributed by atoms with Crippen molar-refractivity contribution in [3.63, 3.8) is 0 Å². The number of nitro groups is 1. The molecule has 0 aliphatic carbocycles. The molecule has 0 atom stereocenters. The Labute approximate surface area is 153 Å². The topological polar surface area (TPSA) is 121 Å². The molecule has 0 saturated heterocycles. The molecular weight excluding hydrogens is 354 g/mol. The molecule has 1 aromatic carbocycles. The van der Waals surface area contributed by atoms with E-state index in [2.05, 4.69) is 15.5 Å². The summed E-state index contributed by atoms with van der Waals surface area (Å²) in [5.41, 5.74) is 0.233. The van der Waals surface area contributed by atoms with Crippen LogP contribution in [0, 0.1) is 10.1 Å². The van der Waals surface area contributed by atoms with Crippen molar-refractivity contribution in [1.29, 1.82) is 0 Å². The number of fused-ring (bicyclic) bond motifs is 1. The number of nitrogens with one attached hydrogen (secondary N) is 1. The highest BCUT2D eigenvalue weighted by atomic mass is 16.6. The number of hydrogen-bond acceptors (Lipinski definition) is 7. The summed E-state index contributed by atoms with van der Waals surface area (Å²) in [6.45, 7) is 0.236. The molecule has 2 aromatic heterocycles. The summed E-state index contributed by atoms with van der Waals surface area (Å²) in [6, 6.07) is 7.98. The second kappa shape index (κ2) is 7.68. The SMILES string of the molecule is COc1cc(C(=O)NCCc2nnc3ccccn23)c([N+](=O)[O-])cc1OC. The van der Waals surface area contributed by atoms with E-state index in [4.69, 9.17) is 9.47 Å². The highest BCUT2D eigenvalue weighted by Crippen LogP contribution is 2.34. The molecule has 1 amide bonds. The molecule has 0 spiro atoms. The second-order valence-electron chi connectivity index (χ2n) is 5.53. The molecule has 140 valence electrons. The summed E-state index contributed by atoms with van der Waals surface area (Å²) in [4.78, 5) is 23.1. The summed E-state index contributed by atoms with van der Waals surface area (Å²) >= 11 is 0. The number of nitro benzene ring substituents is 1. The number of amides is 1. The lowest BCUT2D eigenvalue weighted by atomic mass is 10.1. The van der Waals surface area contributed by atoms with Crippen LogP contribution in [-0.4, -0.2) is 46.2 Å². The average molecular weight is 371 g/mol. The first-order chi connectivity index (χ1) is 13.0. The zero-order chi connectivity index (χ0) is 19.4. The minimum atomic E-state index is -0.636. The van der Waals surface area contributed by atoms with E-state index in [9.17, 15) is 14.9 Å². The molecule has 0 unspecified atom stereocenters. The van der Waals surface area contributed by atoms with Gasteiger partial charge in [-0.05, 0) is 12.1 Å². The zero-order valence-corrected chi connectivity index (χ0v) is 14.7. The monoisotopic (exact) mass is 371 g/mol. The molecule has 2 heterocycles. The van der Waals surface area contributed by atoms with E-state index in [1.807, 2.05) is 28.8 Å². The first-order valence-corrected chi connectivity index (χ1v) is 8.02. The zero-order valence-electron chi connectivity index (χ0n) is 14.7. The van der Waals surface area contributed by atoms with Crippen LogP contribution in [0.4, 0.5) is 5.69 Å². The van der Waals surface area contributed by atoms with Crippen LogP contribution >= 0.6 is 0 Å². The van der Waals surface area contributed by atoms with Gasteiger partial charge < -0.3 is 14.8 Å². The van der Waals surface area contributed by atoms with Crippen molar-refractivity contribution >= 4 is 17.2 Å². The van der Waals surface area contributed by atoms with Crippen molar-refractivity contribution < 1.29 is 19.2 Å². The maximum absolute atomic E-state index is 12.5. The molecule has 3 aromatic rings. The summed E-state index contributed by atoms with van der Waals surface area (Å²) in [7, 11) is 2.76. The Morgan fingerprint density at radius 1 is 1.22 bits per heavy atom. The molecule has 10 heteroatoms. The molecule has 1 N–H and O–H groups in total. The van der Waals surface area contributed by atoms with Gasteiger partial charge in [-0.1, -0.05) is 6.07 Å². The van der Waals surface area contributed by atoms with Crippen LogP contribution in [0.2, 0.25) is 0 Å². The predicted molar refractivity (Wildman–Crippen MR) is 95.2 cm³/mol. The van der Waals surface area contributed by atoms with Crippen LogP contribution in [0.25, 0.3) is 5.65 Å². The van der Waals surface area contributed by atoms with Crippen LogP contribution in [-0.2, 0) is 6.42 Å². The van der Waals surface area contributed by atoms with Crippen LogP contribution in [0.3, 0.4) is 0 Å². The van der Waals surface area contributed by atoms with E-state index < -0.39 is 10.8 Å². The quantitative estimate of drug-likeness (QED) is 0.495. The van der Waals surface area contributed by atoms with E-state index in [-0.39, 0.29) is 29.3 Å². The lowest BCUT2D eigenvalue weighted by Crippen LogP contribution is -2.27. The van der Waals surface area contributed by atoms with Crippen molar-refractivity contribution in [3.05, 3.63) is 58.0 Å². The van der Waals surface area contributed by atoms with Gasteiger partial charge in [-0.25, -0.2) is 0 Å². The molecular formula is C17H17N5O5. The number of pyridine rings is 1. The lowest BCUT2D eigenvalue weighted by Gasteiger charge is -2.10. The first kappa shape index (κ1) is 18.1. The van der Waals surface area contributed by atoms with E-state index in [1.54, 1.807) is 0 Å². The third-order valence-corrected chi connectivity index (χ3v) is 3.96. The number of methoxy groups -OCH3 is 2. The molecule has 0 saturated carbocycles. The van der Waals surface area contributed by atoms with E-state index in [0.29, 0.717) is 17.9 Å². The Balaban J connectivity index is 1.76. The molecule has 0 aliphatic rings. The Hall–Kier alpha value is -3.69. The molecule has 10 nitrogen and oxygen atoms in total. The predicted octanol–water partition coefficient (Wildman–Crippen LogP) is 1.63. The Morgan fingerprint density at radius 3 is 2.67 bits per heavy atom. The van der Waals surface area contributed by atoms with Gasteiger partial charge in [0.2, 0.25) is 0 Å². The average Bonchev–Trinajstić information content (AvgIpc) is 3.09. The minimum Gasteiger partial charge on any atom is -0.493 e. The minimum absolute atomic E-state index is 0.108. The first-order valence-electron chi connectivity index (χ1n) is 8.02. The normalized spacial score (nSPS) is 10.6. The summed E-state index contributed by atoms with van der Waals surface area (Å²) in [5, 5.41) is 22.1. The fourth-order valence-corrected chi connectivity index (χ4v) is 2.65. The van der Waals surface area contributed by atoms with E-state index >= 15 is 0 Å². The maximum Gasteiger partial charge on any atom is 0.286 e. The van der Waals surface area contributed by atoms with Gasteiger partial charge in [-0.3, -0.25) is 19.3 Å². The number of hydrogen-bond donors (Lipinski definition) is 1. The number of rotatable bonds is 7. The fourth-order valence-electron chi connectivity index (χ4n) is 2.65. The fraction of sp³-hybridized carbons (Fsp3) is 0.235. The van der Waals surface area contributed by atoms with Gasteiger partial charge in [0.1, 0.15) is 11.4 Å². The van der Waals surface area contributed by atoms with Gasteiger partial charge in [0.15, 0.2) is 17.1 Å². The van der Waals surface area contributed by atoms with Gasteiger partial charge in [0.25, 0.3) is 11.6 Å². The number of ether oxygens (including phenoxy) is 2. The second-order valence-corrected chi connectivity index (χ2v) is 5.53. The van der Waals surface area contributed by atoms with Crippen molar-refractivity contribution in [3.8, 4) is 11.5 Å². The Kier molecular flexibility index (Phi) is 5.15. The number of carbonyl (C=O) groups excluding carboxylic acids is 1. The summed E-state index contributed by atoms with van der Waals surface area (Å²) in [6.07, 6.45) is 2.24.